The number of carbonyl (C=O) groups excluding carboxylic acids is 1. The highest BCUT2D eigenvalue weighted by Crippen LogP contribution is 2.33. The number of halogens is 3. The quantitative estimate of drug-likeness (QED) is 0.760. The van der Waals surface area contributed by atoms with Crippen molar-refractivity contribution < 1.29 is 13.6 Å². The monoisotopic (exact) mass is 328 g/mol. The number of hydrogen-bond donors (Lipinski definition) is 0. The highest BCUT2D eigenvalue weighted by atomic mass is 79.9. The summed E-state index contributed by atoms with van der Waals surface area (Å²) in [7, 11) is 0. The van der Waals surface area contributed by atoms with Gasteiger partial charge in [-0.05, 0) is 30.3 Å². The Morgan fingerprint density at radius 1 is 1.11 bits per heavy atom. The Morgan fingerprint density at radius 3 is 2.33 bits per heavy atom. The molecule has 0 heterocycles. The number of aldehydes is 1. The lowest BCUT2D eigenvalue weighted by molar-refractivity contribution is 0.112. The molecule has 0 aromatic heterocycles. The summed E-state index contributed by atoms with van der Waals surface area (Å²) in [6, 6.07) is 9.17. The van der Waals surface area contributed by atoms with Crippen LogP contribution in [0.4, 0.5) is 8.78 Å². The van der Waals surface area contributed by atoms with Crippen molar-refractivity contribution in [3.05, 3.63) is 58.1 Å². The van der Waals surface area contributed by atoms with Crippen LogP contribution in [-0.4, -0.2) is 6.29 Å². The lowest BCUT2D eigenvalue weighted by atomic mass is 10.2. The topological polar surface area (TPSA) is 17.1 Å². The van der Waals surface area contributed by atoms with Crippen molar-refractivity contribution in [2.45, 2.75) is 9.79 Å². The molecule has 0 saturated heterocycles. The zero-order chi connectivity index (χ0) is 13.1. The van der Waals surface area contributed by atoms with Crippen LogP contribution in [0.3, 0.4) is 0 Å². The molecule has 0 amide bonds. The molecule has 0 aliphatic carbocycles. The van der Waals surface area contributed by atoms with Gasteiger partial charge in [0.25, 0.3) is 0 Å². The maximum absolute atomic E-state index is 13.7. The van der Waals surface area contributed by atoms with Crippen molar-refractivity contribution in [1.29, 1.82) is 0 Å². The SMILES string of the molecule is O=Cc1cc(F)c(Sc2cccc(Br)c2)c(F)c1. The molecule has 92 valence electrons. The van der Waals surface area contributed by atoms with Crippen LogP contribution in [0.25, 0.3) is 0 Å². The van der Waals surface area contributed by atoms with Crippen LogP contribution in [0.5, 0.6) is 0 Å². The van der Waals surface area contributed by atoms with Crippen molar-refractivity contribution in [3.63, 3.8) is 0 Å². The highest BCUT2D eigenvalue weighted by molar-refractivity contribution is 9.10. The summed E-state index contributed by atoms with van der Waals surface area (Å²) in [4.78, 5) is 11.1. The Balaban J connectivity index is 2.37. The fourth-order valence-electron chi connectivity index (χ4n) is 1.39. The second-order valence-electron chi connectivity index (χ2n) is 3.49. The van der Waals surface area contributed by atoms with Gasteiger partial charge in [0, 0.05) is 14.9 Å². The first-order valence-corrected chi connectivity index (χ1v) is 6.59. The van der Waals surface area contributed by atoms with E-state index in [9.17, 15) is 13.6 Å². The van der Waals surface area contributed by atoms with Gasteiger partial charge < -0.3 is 0 Å². The third-order valence-corrected chi connectivity index (χ3v) is 3.75. The highest BCUT2D eigenvalue weighted by Gasteiger charge is 2.12. The molecule has 0 bridgehead atoms. The summed E-state index contributed by atoms with van der Waals surface area (Å²) in [6.07, 6.45) is 0.416. The average molecular weight is 329 g/mol. The van der Waals surface area contributed by atoms with Gasteiger partial charge in [0.15, 0.2) is 0 Å². The molecule has 2 rings (SSSR count). The molecule has 18 heavy (non-hydrogen) atoms. The fourth-order valence-corrected chi connectivity index (χ4v) is 2.83. The van der Waals surface area contributed by atoms with Crippen LogP contribution in [0.1, 0.15) is 10.4 Å². The van der Waals surface area contributed by atoms with Crippen molar-refractivity contribution >= 4 is 34.0 Å². The Bertz CT molecular complexity index is 578. The molecule has 0 aliphatic rings. The largest absolute Gasteiger partial charge is 0.298 e. The van der Waals surface area contributed by atoms with E-state index in [2.05, 4.69) is 15.9 Å². The van der Waals surface area contributed by atoms with Crippen molar-refractivity contribution in [2.24, 2.45) is 0 Å². The molecule has 5 heteroatoms. The minimum Gasteiger partial charge on any atom is -0.298 e. The summed E-state index contributed by atoms with van der Waals surface area (Å²) >= 11 is 4.27. The normalized spacial score (nSPS) is 10.4. The molecule has 0 unspecified atom stereocenters. The first-order valence-electron chi connectivity index (χ1n) is 4.98. The van der Waals surface area contributed by atoms with Gasteiger partial charge in [-0.3, -0.25) is 4.79 Å². The first-order chi connectivity index (χ1) is 8.60. The number of carbonyl (C=O) groups is 1. The number of hydrogen-bond acceptors (Lipinski definition) is 2. The van der Waals surface area contributed by atoms with E-state index in [1.165, 1.54) is 0 Å². The summed E-state index contributed by atoms with van der Waals surface area (Å²) in [6.45, 7) is 0. The molecule has 2 aromatic rings. The molecule has 0 atom stereocenters. The lowest BCUT2D eigenvalue weighted by Crippen LogP contribution is -1.91. The second-order valence-corrected chi connectivity index (χ2v) is 5.49. The van der Waals surface area contributed by atoms with E-state index < -0.39 is 11.6 Å². The summed E-state index contributed by atoms with van der Waals surface area (Å²) in [5.41, 5.74) is -0.0106. The van der Waals surface area contributed by atoms with Crippen LogP contribution in [0.2, 0.25) is 0 Å². The zero-order valence-electron chi connectivity index (χ0n) is 8.99. The van der Waals surface area contributed by atoms with Gasteiger partial charge in [0.05, 0.1) is 4.90 Å². The molecule has 0 N–H and O–H groups in total. The molecule has 0 aliphatic heterocycles. The molecule has 1 nitrogen and oxygen atoms in total. The molecular weight excluding hydrogens is 322 g/mol. The van der Waals surface area contributed by atoms with Gasteiger partial charge in [-0.1, -0.05) is 33.8 Å². The molecule has 0 saturated carbocycles. The second kappa shape index (κ2) is 5.63. The third-order valence-electron chi connectivity index (χ3n) is 2.17. The van der Waals surface area contributed by atoms with E-state index in [0.717, 1.165) is 28.4 Å². The van der Waals surface area contributed by atoms with E-state index in [4.69, 9.17) is 0 Å². The predicted molar refractivity (Wildman–Crippen MR) is 70.0 cm³/mol. The van der Waals surface area contributed by atoms with Gasteiger partial charge in [-0.15, -0.1) is 0 Å². The maximum atomic E-state index is 13.7. The van der Waals surface area contributed by atoms with E-state index in [1.54, 1.807) is 18.2 Å². The van der Waals surface area contributed by atoms with Gasteiger partial charge in [0.1, 0.15) is 17.9 Å². The van der Waals surface area contributed by atoms with E-state index in [1.807, 2.05) is 6.07 Å². The van der Waals surface area contributed by atoms with Gasteiger partial charge >= 0.3 is 0 Å². The van der Waals surface area contributed by atoms with E-state index in [0.29, 0.717) is 11.2 Å². The number of benzene rings is 2. The van der Waals surface area contributed by atoms with Crippen LogP contribution in [-0.2, 0) is 0 Å². The fraction of sp³-hybridized carbons (Fsp3) is 0. The molecule has 0 radical (unpaired) electrons. The lowest BCUT2D eigenvalue weighted by Gasteiger charge is -2.06. The Hall–Kier alpha value is -1.20. The van der Waals surface area contributed by atoms with E-state index in [-0.39, 0.29) is 10.5 Å². The summed E-state index contributed by atoms with van der Waals surface area (Å²) in [5.74, 6) is -1.47. The number of rotatable bonds is 3. The van der Waals surface area contributed by atoms with Crippen LogP contribution in [0, 0.1) is 11.6 Å². The maximum Gasteiger partial charge on any atom is 0.150 e. The summed E-state index contributed by atoms with van der Waals surface area (Å²) < 4.78 is 28.1. The predicted octanol–water partition coefficient (Wildman–Crippen LogP) is 4.69. The van der Waals surface area contributed by atoms with Crippen molar-refractivity contribution in [3.8, 4) is 0 Å². The van der Waals surface area contributed by atoms with Gasteiger partial charge in [0.2, 0.25) is 0 Å². The van der Waals surface area contributed by atoms with Gasteiger partial charge in [-0.2, -0.15) is 0 Å². The minimum atomic E-state index is -0.734. The molecule has 2 aromatic carbocycles. The Labute approximate surface area is 115 Å². The standard InChI is InChI=1S/C13H7BrF2OS/c14-9-2-1-3-10(6-9)18-13-11(15)4-8(7-17)5-12(13)16/h1-7H. The molecular formula is C13H7BrF2OS. The van der Waals surface area contributed by atoms with E-state index >= 15 is 0 Å². The molecule has 0 spiro atoms. The van der Waals surface area contributed by atoms with Gasteiger partial charge in [-0.25, -0.2) is 8.78 Å². The summed E-state index contributed by atoms with van der Waals surface area (Å²) in [5, 5.41) is 0. The third kappa shape index (κ3) is 2.97. The van der Waals surface area contributed by atoms with Crippen LogP contribution in [0.15, 0.2) is 50.7 Å². The first kappa shape index (κ1) is 13.2. The smallest absolute Gasteiger partial charge is 0.150 e. The average Bonchev–Trinajstić information content (AvgIpc) is 2.33. The van der Waals surface area contributed by atoms with Crippen LogP contribution < -0.4 is 0 Å². The minimum absolute atomic E-state index is 0.0106. The van der Waals surface area contributed by atoms with Crippen molar-refractivity contribution in [2.75, 3.05) is 0 Å². The van der Waals surface area contributed by atoms with Crippen LogP contribution >= 0.6 is 27.7 Å². The Morgan fingerprint density at radius 2 is 1.78 bits per heavy atom. The Kier molecular flexibility index (Phi) is 4.14. The molecule has 0 fully saturated rings. The van der Waals surface area contributed by atoms with Crippen molar-refractivity contribution in [1.82, 2.24) is 0 Å². The zero-order valence-corrected chi connectivity index (χ0v) is 11.4.